The molecule has 1 N–H and O–H groups in total. The van der Waals surface area contributed by atoms with Crippen molar-refractivity contribution in [2.24, 2.45) is 0 Å². The van der Waals surface area contributed by atoms with E-state index < -0.39 is 6.04 Å². The topological polar surface area (TPSA) is 38.3 Å². The number of ether oxygens (including phenoxy) is 1. The second kappa shape index (κ2) is 6.57. The maximum absolute atomic E-state index is 12.0. The molecule has 0 amide bonds. The molecule has 0 saturated carbocycles. The zero-order valence-corrected chi connectivity index (χ0v) is 13.0. The van der Waals surface area contributed by atoms with Crippen molar-refractivity contribution in [1.29, 1.82) is 0 Å². The van der Waals surface area contributed by atoms with Crippen LogP contribution in [0, 0.1) is 6.92 Å². The molecule has 104 valence electrons. The lowest BCUT2D eigenvalue weighted by Gasteiger charge is -2.19. The highest BCUT2D eigenvalue weighted by Crippen LogP contribution is 2.24. The molecule has 0 radical (unpaired) electrons. The first kappa shape index (κ1) is 14.6. The molecule has 20 heavy (non-hydrogen) atoms. The quantitative estimate of drug-likeness (QED) is 0.856. The van der Waals surface area contributed by atoms with Gasteiger partial charge in [0, 0.05) is 10.2 Å². The number of hydrogen-bond donors (Lipinski definition) is 1. The molecule has 0 bridgehead atoms. The van der Waals surface area contributed by atoms with Gasteiger partial charge in [-0.25, -0.2) is 4.79 Å². The Hall–Kier alpha value is -1.81. The average Bonchev–Trinajstić information content (AvgIpc) is 2.47. The third-order valence-corrected chi connectivity index (χ3v) is 3.61. The van der Waals surface area contributed by atoms with Crippen LogP contribution in [-0.2, 0) is 9.53 Å². The molecule has 0 aliphatic carbocycles. The van der Waals surface area contributed by atoms with Gasteiger partial charge in [0.15, 0.2) is 6.04 Å². The number of esters is 1. The number of halogens is 1. The molecule has 0 aliphatic rings. The highest BCUT2D eigenvalue weighted by molar-refractivity contribution is 9.10. The number of hydrogen-bond acceptors (Lipinski definition) is 3. The molecule has 0 aliphatic heterocycles. The monoisotopic (exact) mass is 333 g/mol. The van der Waals surface area contributed by atoms with Gasteiger partial charge in [0.05, 0.1) is 7.11 Å². The number of benzene rings is 2. The Bertz CT molecular complexity index is 596. The standard InChI is InChI=1S/C16H16BrNO2/c1-11-5-3-4-6-14(11)18-15(16(19)20-2)12-7-9-13(17)10-8-12/h3-10,15,18H,1-2H3. The number of rotatable bonds is 4. The molecular formula is C16H16BrNO2. The number of methoxy groups -OCH3 is 1. The predicted molar refractivity (Wildman–Crippen MR) is 83.7 cm³/mol. The van der Waals surface area contributed by atoms with Crippen molar-refractivity contribution in [2.45, 2.75) is 13.0 Å². The predicted octanol–water partition coefficient (Wildman–Crippen LogP) is 4.08. The van der Waals surface area contributed by atoms with E-state index in [1.165, 1.54) is 7.11 Å². The minimum atomic E-state index is -0.519. The summed E-state index contributed by atoms with van der Waals surface area (Å²) in [6.45, 7) is 2.00. The van der Waals surface area contributed by atoms with E-state index in [-0.39, 0.29) is 5.97 Å². The van der Waals surface area contributed by atoms with E-state index in [1.807, 2.05) is 55.5 Å². The van der Waals surface area contributed by atoms with Crippen LogP contribution in [0.5, 0.6) is 0 Å². The second-order valence-corrected chi connectivity index (χ2v) is 5.38. The minimum absolute atomic E-state index is 0.310. The molecule has 1 atom stereocenters. The van der Waals surface area contributed by atoms with Crippen LogP contribution in [0.4, 0.5) is 5.69 Å². The van der Waals surface area contributed by atoms with Crippen molar-refractivity contribution in [3.63, 3.8) is 0 Å². The fraction of sp³-hybridized carbons (Fsp3) is 0.188. The largest absolute Gasteiger partial charge is 0.467 e. The van der Waals surface area contributed by atoms with Crippen LogP contribution in [0.1, 0.15) is 17.2 Å². The zero-order chi connectivity index (χ0) is 14.5. The first-order valence-electron chi connectivity index (χ1n) is 6.27. The van der Waals surface area contributed by atoms with Gasteiger partial charge < -0.3 is 10.1 Å². The Kier molecular flexibility index (Phi) is 4.79. The van der Waals surface area contributed by atoms with Gasteiger partial charge >= 0.3 is 5.97 Å². The lowest BCUT2D eigenvalue weighted by molar-refractivity contribution is -0.141. The Labute approximate surface area is 127 Å². The lowest BCUT2D eigenvalue weighted by Crippen LogP contribution is -2.22. The van der Waals surface area contributed by atoms with Gasteiger partial charge in [-0.3, -0.25) is 0 Å². The highest BCUT2D eigenvalue weighted by atomic mass is 79.9. The molecule has 3 nitrogen and oxygen atoms in total. The van der Waals surface area contributed by atoms with E-state index in [1.54, 1.807) is 0 Å². The summed E-state index contributed by atoms with van der Waals surface area (Å²) < 4.78 is 5.87. The summed E-state index contributed by atoms with van der Waals surface area (Å²) in [4.78, 5) is 12.0. The number of para-hydroxylation sites is 1. The number of carbonyl (C=O) groups excluding carboxylic acids is 1. The van der Waals surface area contributed by atoms with Crippen molar-refractivity contribution in [1.82, 2.24) is 0 Å². The normalized spacial score (nSPS) is 11.8. The molecule has 0 saturated heterocycles. The summed E-state index contributed by atoms with van der Waals surface area (Å²) in [7, 11) is 1.40. The Morgan fingerprint density at radius 2 is 1.80 bits per heavy atom. The van der Waals surface area contributed by atoms with Crippen LogP contribution in [0.15, 0.2) is 53.0 Å². The Morgan fingerprint density at radius 3 is 2.40 bits per heavy atom. The summed E-state index contributed by atoms with van der Waals surface area (Å²) in [5.41, 5.74) is 2.87. The molecular weight excluding hydrogens is 318 g/mol. The smallest absolute Gasteiger partial charge is 0.332 e. The van der Waals surface area contributed by atoms with E-state index in [9.17, 15) is 4.79 Å². The van der Waals surface area contributed by atoms with Crippen molar-refractivity contribution < 1.29 is 9.53 Å². The summed E-state index contributed by atoms with van der Waals surface area (Å²) in [5.74, 6) is -0.310. The number of anilines is 1. The minimum Gasteiger partial charge on any atom is -0.467 e. The molecule has 2 aromatic carbocycles. The molecule has 0 aromatic heterocycles. The average molecular weight is 334 g/mol. The van der Waals surface area contributed by atoms with Crippen LogP contribution in [0.25, 0.3) is 0 Å². The number of nitrogens with one attached hydrogen (secondary N) is 1. The summed E-state index contributed by atoms with van der Waals surface area (Å²) >= 11 is 3.39. The molecule has 1 unspecified atom stereocenters. The van der Waals surface area contributed by atoms with Gasteiger partial charge in [-0.05, 0) is 36.2 Å². The van der Waals surface area contributed by atoms with Crippen molar-refractivity contribution in [3.8, 4) is 0 Å². The second-order valence-electron chi connectivity index (χ2n) is 4.47. The SMILES string of the molecule is COC(=O)C(Nc1ccccc1C)c1ccc(Br)cc1. The fourth-order valence-corrected chi connectivity index (χ4v) is 2.21. The van der Waals surface area contributed by atoms with Crippen molar-refractivity contribution in [3.05, 3.63) is 64.1 Å². The summed E-state index contributed by atoms with van der Waals surface area (Å²) in [6, 6.07) is 14.9. The first-order chi connectivity index (χ1) is 9.61. The van der Waals surface area contributed by atoms with E-state index >= 15 is 0 Å². The third-order valence-electron chi connectivity index (χ3n) is 3.09. The zero-order valence-electron chi connectivity index (χ0n) is 11.4. The fourth-order valence-electron chi connectivity index (χ4n) is 1.94. The molecule has 0 heterocycles. The maximum Gasteiger partial charge on any atom is 0.332 e. The molecule has 0 fully saturated rings. The third kappa shape index (κ3) is 3.39. The van der Waals surface area contributed by atoms with E-state index in [0.29, 0.717) is 0 Å². The highest BCUT2D eigenvalue weighted by Gasteiger charge is 2.21. The Morgan fingerprint density at radius 1 is 1.15 bits per heavy atom. The summed E-state index contributed by atoms with van der Waals surface area (Å²) in [5, 5.41) is 3.24. The van der Waals surface area contributed by atoms with Crippen LogP contribution in [0.3, 0.4) is 0 Å². The van der Waals surface area contributed by atoms with Crippen molar-refractivity contribution >= 4 is 27.6 Å². The Balaban J connectivity index is 2.31. The molecule has 2 rings (SSSR count). The van der Waals surface area contributed by atoms with Gasteiger partial charge in [0.1, 0.15) is 0 Å². The van der Waals surface area contributed by atoms with Gasteiger partial charge in [-0.15, -0.1) is 0 Å². The van der Waals surface area contributed by atoms with Gasteiger partial charge in [-0.2, -0.15) is 0 Å². The van der Waals surface area contributed by atoms with Crippen LogP contribution in [0.2, 0.25) is 0 Å². The van der Waals surface area contributed by atoms with Crippen LogP contribution in [-0.4, -0.2) is 13.1 Å². The van der Waals surface area contributed by atoms with Crippen LogP contribution >= 0.6 is 15.9 Å². The van der Waals surface area contributed by atoms with Crippen molar-refractivity contribution in [2.75, 3.05) is 12.4 Å². The van der Waals surface area contributed by atoms with E-state index in [4.69, 9.17) is 4.74 Å². The van der Waals surface area contributed by atoms with E-state index in [2.05, 4.69) is 21.2 Å². The van der Waals surface area contributed by atoms with Gasteiger partial charge in [0.2, 0.25) is 0 Å². The molecule has 4 heteroatoms. The lowest BCUT2D eigenvalue weighted by atomic mass is 10.1. The van der Waals surface area contributed by atoms with Gasteiger partial charge in [0.25, 0.3) is 0 Å². The van der Waals surface area contributed by atoms with Gasteiger partial charge in [-0.1, -0.05) is 46.3 Å². The molecule has 2 aromatic rings. The summed E-state index contributed by atoms with van der Waals surface area (Å²) in [6.07, 6.45) is 0. The molecule has 0 spiro atoms. The van der Waals surface area contributed by atoms with E-state index in [0.717, 1.165) is 21.3 Å². The first-order valence-corrected chi connectivity index (χ1v) is 7.06. The van der Waals surface area contributed by atoms with Crippen LogP contribution < -0.4 is 5.32 Å². The number of aryl methyl sites for hydroxylation is 1. The number of carbonyl (C=O) groups is 1. The maximum atomic E-state index is 12.0.